The topological polar surface area (TPSA) is 41.7 Å². The van der Waals surface area contributed by atoms with Gasteiger partial charge in [-0.15, -0.1) is 0 Å². The summed E-state index contributed by atoms with van der Waals surface area (Å²) in [5, 5.41) is 0. The second-order valence-electron chi connectivity index (χ2n) is 7.48. The van der Waals surface area contributed by atoms with Crippen molar-refractivity contribution in [3.63, 3.8) is 0 Å². The van der Waals surface area contributed by atoms with E-state index in [1.54, 1.807) is 6.26 Å². The molecule has 2 aliphatic rings. The van der Waals surface area contributed by atoms with Crippen LogP contribution in [0.4, 0.5) is 0 Å². The maximum Gasteiger partial charge on any atom is 0.117 e. The number of hydrogen-bond acceptors (Lipinski definition) is 5. The first-order valence-corrected chi connectivity index (χ1v) is 9.20. The molecule has 2 aliphatic heterocycles. The minimum absolute atomic E-state index is 0.0769. The Labute approximate surface area is 149 Å². The van der Waals surface area contributed by atoms with Crippen molar-refractivity contribution in [2.45, 2.75) is 44.0 Å². The Kier molecular flexibility index (Phi) is 4.88. The van der Waals surface area contributed by atoms with Crippen molar-refractivity contribution < 1.29 is 9.15 Å². The zero-order valence-corrected chi connectivity index (χ0v) is 14.9. The third kappa shape index (κ3) is 3.94. The van der Waals surface area contributed by atoms with E-state index in [1.807, 2.05) is 30.6 Å². The number of likely N-dealkylation sites (N-methyl/N-ethyl adjacent to an activating group) is 1. The van der Waals surface area contributed by atoms with Gasteiger partial charge >= 0.3 is 0 Å². The zero-order valence-electron chi connectivity index (χ0n) is 14.9. The number of piperidine rings is 1. The molecule has 0 radical (unpaired) electrons. The highest BCUT2D eigenvalue weighted by molar-refractivity contribution is 5.09. The van der Waals surface area contributed by atoms with Crippen LogP contribution in [-0.4, -0.2) is 53.2 Å². The molecule has 0 amide bonds. The Bertz CT molecular complexity index is 651. The van der Waals surface area contributed by atoms with Crippen LogP contribution in [0.5, 0.6) is 0 Å². The molecule has 2 saturated heterocycles. The van der Waals surface area contributed by atoms with Gasteiger partial charge in [0.05, 0.1) is 25.0 Å². The minimum Gasteiger partial charge on any atom is -0.468 e. The summed E-state index contributed by atoms with van der Waals surface area (Å²) >= 11 is 0. The number of furan rings is 1. The van der Waals surface area contributed by atoms with Crippen molar-refractivity contribution in [1.29, 1.82) is 0 Å². The van der Waals surface area contributed by atoms with Crippen molar-refractivity contribution in [1.82, 2.24) is 14.8 Å². The number of nitrogens with zero attached hydrogens (tertiary/aromatic N) is 3. The largest absolute Gasteiger partial charge is 0.468 e. The highest BCUT2D eigenvalue weighted by atomic mass is 16.5. The Morgan fingerprint density at radius 2 is 2.16 bits per heavy atom. The summed E-state index contributed by atoms with van der Waals surface area (Å²) in [5.41, 5.74) is 1.37. The molecular formula is C20H27N3O2. The van der Waals surface area contributed by atoms with E-state index in [0.29, 0.717) is 6.04 Å². The van der Waals surface area contributed by atoms with Gasteiger partial charge < -0.3 is 9.15 Å². The van der Waals surface area contributed by atoms with Gasteiger partial charge in [-0.25, -0.2) is 0 Å². The number of pyridine rings is 1. The summed E-state index contributed by atoms with van der Waals surface area (Å²) in [6.45, 7) is 4.88. The van der Waals surface area contributed by atoms with Crippen molar-refractivity contribution in [3.05, 3.63) is 54.2 Å². The third-order valence-electron chi connectivity index (χ3n) is 5.69. The first-order chi connectivity index (χ1) is 12.2. The lowest BCUT2D eigenvalue weighted by Gasteiger charge is -2.39. The van der Waals surface area contributed by atoms with E-state index in [0.717, 1.165) is 57.8 Å². The molecule has 0 saturated carbocycles. The second kappa shape index (κ2) is 7.28. The van der Waals surface area contributed by atoms with Gasteiger partial charge in [-0.2, -0.15) is 0 Å². The number of hydrogen-bond donors (Lipinski definition) is 0. The van der Waals surface area contributed by atoms with E-state index in [9.17, 15) is 0 Å². The lowest BCUT2D eigenvalue weighted by molar-refractivity contribution is -0.0452. The normalized spacial score (nSPS) is 23.5. The molecular weight excluding hydrogens is 314 g/mol. The predicted octanol–water partition coefficient (Wildman–Crippen LogP) is 2.93. The van der Waals surface area contributed by atoms with Gasteiger partial charge in [0, 0.05) is 38.1 Å². The summed E-state index contributed by atoms with van der Waals surface area (Å²) in [5.74, 6) is 1.02. The molecule has 0 aliphatic carbocycles. The Morgan fingerprint density at radius 1 is 1.28 bits per heavy atom. The molecule has 2 aromatic heterocycles. The minimum atomic E-state index is 0.0769. The van der Waals surface area contributed by atoms with Crippen molar-refractivity contribution in [3.8, 4) is 0 Å². The zero-order chi connectivity index (χ0) is 17.1. The maximum atomic E-state index is 6.32. The fourth-order valence-electron chi connectivity index (χ4n) is 4.10. The molecule has 1 spiro atoms. The fourth-order valence-corrected chi connectivity index (χ4v) is 4.10. The van der Waals surface area contributed by atoms with Crippen LogP contribution in [0.2, 0.25) is 0 Å². The van der Waals surface area contributed by atoms with Gasteiger partial charge in [0.1, 0.15) is 5.76 Å². The number of ether oxygens (including phenoxy) is 1. The molecule has 5 heteroatoms. The van der Waals surface area contributed by atoms with E-state index in [4.69, 9.17) is 9.15 Å². The molecule has 0 bridgehead atoms. The molecule has 134 valence electrons. The summed E-state index contributed by atoms with van der Waals surface area (Å²) < 4.78 is 11.8. The SMILES string of the molecule is CN(Cc1ccco1)[C@@H]1COC2(CCN(Cc3cccnc3)CC2)C1. The molecule has 2 aromatic rings. The Hall–Kier alpha value is -1.69. The van der Waals surface area contributed by atoms with Crippen LogP contribution >= 0.6 is 0 Å². The number of likely N-dealkylation sites (tertiary alicyclic amines) is 1. The van der Waals surface area contributed by atoms with Gasteiger partial charge in [-0.1, -0.05) is 6.07 Å². The quantitative estimate of drug-likeness (QED) is 0.836. The predicted molar refractivity (Wildman–Crippen MR) is 96.0 cm³/mol. The van der Waals surface area contributed by atoms with Gasteiger partial charge in [0.25, 0.3) is 0 Å². The van der Waals surface area contributed by atoms with E-state index < -0.39 is 0 Å². The van der Waals surface area contributed by atoms with E-state index in [2.05, 4.69) is 27.9 Å². The fraction of sp³-hybridized carbons (Fsp3) is 0.550. The van der Waals surface area contributed by atoms with Crippen LogP contribution in [0.3, 0.4) is 0 Å². The van der Waals surface area contributed by atoms with Crippen LogP contribution < -0.4 is 0 Å². The number of aromatic nitrogens is 1. The third-order valence-corrected chi connectivity index (χ3v) is 5.69. The molecule has 0 N–H and O–H groups in total. The molecule has 4 heterocycles. The van der Waals surface area contributed by atoms with Crippen molar-refractivity contribution in [2.75, 3.05) is 26.7 Å². The van der Waals surface area contributed by atoms with Crippen LogP contribution in [-0.2, 0) is 17.8 Å². The molecule has 4 rings (SSSR count). The average molecular weight is 341 g/mol. The standard InChI is InChI=1S/C20H27N3O2/c1-22(15-19-5-3-11-24-19)18-12-20(25-16-18)6-9-23(10-7-20)14-17-4-2-8-21-13-17/h2-5,8,11,13,18H,6-7,9-10,12,14-16H2,1H3/t18-/m0/s1. The van der Waals surface area contributed by atoms with Crippen molar-refractivity contribution >= 4 is 0 Å². The van der Waals surface area contributed by atoms with Gasteiger partial charge in [0.2, 0.25) is 0 Å². The molecule has 25 heavy (non-hydrogen) atoms. The highest BCUT2D eigenvalue weighted by Gasteiger charge is 2.43. The van der Waals surface area contributed by atoms with Gasteiger partial charge in [0.15, 0.2) is 0 Å². The Balaban J connectivity index is 1.28. The Morgan fingerprint density at radius 3 is 2.88 bits per heavy atom. The lowest BCUT2D eigenvalue weighted by atomic mass is 9.87. The first-order valence-electron chi connectivity index (χ1n) is 9.20. The van der Waals surface area contributed by atoms with E-state index >= 15 is 0 Å². The lowest BCUT2D eigenvalue weighted by Crippen LogP contribution is -2.44. The smallest absolute Gasteiger partial charge is 0.117 e. The van der Waals surface area contributed by atoms with Gasteiger partial charge in [-0.3, -0.25) is 14.8 Å². The molecule has 0 aromatic carbocycles. The average Bonchev–Trinajstić information content (AvgIpc) is 3.29. The molecule has 5 nitrogen and oxygen atoms in total. The van der Waals surface area contributed by atoms with Crippen LogP contribution in [0, 0.1) is 0 Å². The number of rotatable bonds is 5. The van der Waals surface area contributed by atoms with Crippen LogP contribution in [0.25, 0.3) is 0 Å². The van der Waals surface area contributed by atoms with Gasteiger partial charge in [-0.05, 0) is 50.1 Å². The molecule has 2 fully saturated rings. The van der Waals surface area contributed by atoms with E-state index in [-0.39, 0.29) is 5.60 Å². The molecule has 1 atom stereocenters. The summed E-state index contributed by atoms with van der Waals surface area (Å²) in [4.78, 5) is 9.11. The first kappa shape index (κ1) is 16.8. The summed E-state index contributed by atoms with van der Waals surface area (Å²) in [6, 6.07) is 8.64. The highest BCUT2D eigenvalue weighted by Crippen LogP contribution is 2.38. The van der Waals surface area contributed by atoms with Crippen LogP contribution in [0.15, 0.2) is 47.3 Å². The summed E-state index contributed by atoms with van der Waals surface area (Å²) in [7, 11) is 2.17. The monoisotopic (exact) mass is 341 g/mol. The van der Waals surface area contributed by atoms with E-state index in [1.165, 1.54) is 5.56 Å². The van der Waals surface area contributed by atoms with Crippen LogP contribution in [0.1, 0.15) is 30.6 Å². The second-order valence-corrected chi connectivity index (χ2v) is 7.48. The molecule has 0 unspecified atom stereocenters. The summed E-state index contributed by atoms with van der Waals surface area (Å²) in [6.07, 6.45) is 8.92. The van der Waals surface area contributed by atoms with Crippen molar-refractivity contribution in [2.24, 2.45) is 0 Å². The maximum absolute atomic E-state index is 6.32.